The minimum Gasteiger partial charge on any atom is -0.356 e. The second-order valence-electron chi connectivity index (χ2n) is 5.17. The van der Waals surface area contributed by atoms with Gasteiger partial charge < -0.3 is 10.2 Å². The largest absolute Gasteiger partial charge is 0.356 e. The highest BCUT2D eigenvalue weighted by Crippen LogP contribution is 2.22. The summed E-state index contributed by atoms with van der Waals surface area (Å²) in [7, 11) is 0. The standard InChI is InChI=1S/C15H24FN3/c1-2-17-11-13-10-14(16)12-18-15(13)19-8-6-4-3-5-7-9-19/h10,12,17H,2-9,11H2,1H3. The molecule has 0 unspecified atom stereocenters. The summed E-state index contributed by atoms with van der Waals surface area (Å²) in [5.41, 5.74) is 0.974. The zero-order valence-electron chi connectivity index (χ0n) is 11.8. The molecule has 0 spiro atoms. The Hall–Kier alpha value is -1.16. The Bertz CT molecular complexity index is 387. The molecule has 0 saturated carbocycles. The number of nitrogens with zero attached hydrogens (tertiary/aromatic N) is 2. The van der Waals surface area contributed by atoms with Gasteiger partial charge in [-0.15, -0.1) is 0 Å². The van der Waals surface area contributed by atoms with Crippen LogP contribution in [0, 0.1) is 5.82 Å². The van der Waals surface area contributed by atoms with Crippen LogP contribution in [0.4, 0.5) is 10.2 Å². The third kappa shape index (κ3) is 4.16. The van der Waals surface area contributed by atoms with E-state index >= 15 is 0 Å². The molecular formula is C15H24FN3. The van der Waals surface area contributed by atoms with Crippen molar-refractivity contribution in [3.8, 4) is 0 Å². The quantitative estimate of drug-likeness (QED) is 0.906. The molecule has 0 atom stereocenters. The molecule has 0 amide bonds. The van der Waals surface area contributed by atoms with Crippen LogP contribution in [0.5, 0.6) is 0 Å². The lowest BCUT2D eigenvalue weighted by atomic mass is 10.1. The maximum Gasteiger partial charge on any atom is 0.141 e. The van der Waals surface area contributed by atoms with Crippen LogP contribution >= 0.6 is 0 Å². The zero-order chi connectivity index (χ0) is 13.5. The minimum absolute atomic E-state index is 0.247. The van der Waals surface area contributed by atoms with Crippen molar-refractivity contribution in [2.45, 2.75) is 45.6 Å². The van der Waals surface area contributed by atoms with E-state index in [1.54, 1.807) is 6.07 Å². The van der Waals surface area contributed by atoms with Crippen LogP contribution in [0.2, 0.25) is 0 Å². The van der Waals surface area contributed by atoms with E-state index in [-0.39, 0.29) is 5.82 Å². The Morgan fingerprint density at radius 3 is 2.58 bits per heavy atom. The molecule has 19 heavy (non-hydrogen) atoms. The van der Waals surface area contributed by atoms with E-state index in [2.05, 4.69) is 22.1 Å². The molecule has 0 aromatic carbocycles. The molecule has 1 N–H and O–H groups in total. The van der Waals surface area contributed by atoms with Crippen LogP contribution in [0.3, 0.4) is 0 Å². The number of hydrogen-bond donors (Lipinski definition) is 1. The van der Waals surface area contributed by atoms with Crippen molar-refractivity contribution in [2.24, 2.45) is 0 Å². The molecule has 1 aliphatic rings. The van der Waals surface area contributed by atoms with E-state index in [1.807, 2.05) is 0 Å². The Kier molecular flexibility index (Phi) is 5.58. The van der Waals surface area contributed by atoms with Gasteiger partial charge >= 0.3 is 0 Å². The van der Waals surface area contributed by atoms with E-state index in [0.29, 0.717) is 6.54 Å². The summed E-state index contributed by atoms with van der Waals surface area (Å²) >= 11 is 0. The molecule has 3 nitrogen and oxygen atoms in total. The van der Waals surface area contributed by atoms with Crippen LogP contribution in [-0.4, -0.2) is 24.6 Å². The van der Waals surface area contributed by atoms with Gasteiger partial charge in [0.1, 0.15) is 11.6 Å². The number of hydrogen-bond acceptors (Lipinski definition) is 3. The molecule has 1 aliphatic heterocycles. The maximum absolute atomic E-state index is 13.4. The molecule has 0 bridgehead atoms. The summed E-state index contributed by atoms with van der Waals surface area (Å²) in [6.45, 7) is 5.71. The predicted octanol–water partition coefficient (Wildman–Crippen LogP) is 3.10. The molecule has 1 aromatic heterocycles. The van der Waals surface area contributed by atoms with Crippen molar-refractivity contribution in [3.05, 3.63) is 23.6 Å². The van der Waals surface area contributed by atoms with Gasteiger partial charge in [-0.3, -0.25) is 0 Å². The molecule has 2 heterocycles. The first-order valence-corrected chi connectivity index (χ1v) is 7.41. The van der Waals surface area contributed by atoms with Gasteiger partial charge in [-0.1, -0.05) is 26.2 Å². The van der Waals surface area contributed by atoms with Crippen molar-refractivity contribution in [3.63, 3.8) is 0 Å². The van der Waals surface area contributed by atoms with E-state index < -0.39 is 0 Å². The average Bonchev–Trinajstić information content (AvgIpc) is 2.37. The van der Waals surface area contributed by atoms with Crippen LogP contribution in [0.15, 0.2) is 12.3 Å². The predicted molar refractivity (Wildman–Crippen MR) is 76.9 cm³/mol. The molecule has 2 rings (SSSR count). The Balaban J connectivity index is 2.15. The lowest BCUT2D eigenvalue weighted by Gasteiger charge is -2.27. The maximum atomic E-state index is 13.4. The monoisotopic (exact) mass is 265 g/mol. The van der Waals surface area contributed by atoms with Crippen LogP contribution in [0.1, 0.15) is 44.6 Å². The van der Waals surface area contributed by atoms with Crippen LogP contribution in [-0.2, 0) is 6.54 Å². The lowest BCUT2D eigenvalue weighted by Crippen LogP contribution is -2.29. The number of aromatic nitrogens is 1. The molecule has 0 aliphatic carbocycles. The van der Waals surface area contributed by atoms with Gasteiger partial charge in [0.25, 0.3) is 0 Å². The molecule has 4 heteroatoms. The van der Waals surface area contributed by atoms with Crippen molar-refractivity contribution >= 4 is 5.82 Å². The summed E-state index contributed by atoms with van der Waals surface area (Å²) in [5.74, 6) is 0.716. The van der Waals surface area contributed by atoms with Gasteiger partial charge in [0.2, 0.25) is 0 Å². The Morgan fingerprint density at radius 1 is 1.21 bits per heavy atom. The Morgan fingerprint density at radius 2 is 1.89 bits per heavy atom. The fraction of sp³-hybridized carbons (Fsp3) is 0.667. The van der Waals surface area contributed by atoms with Gasteiger partial charge in [-0.05, 0) is 25.5 Å². The van der Waals surface area contributed by atoms with Gasteiger partial charge in [-0.2, -0.15) is 0 Å². The Labute approximate surface area is 115 Å². The average molecular weight is 265 g/mol. The molecule has 1 aromatic rings. The van der Waals surface area contributed by atoms with Gasteiger partial charge in [0, 0.05) is 25.2 Å². The summed E-state index contributed by atoms with van der Waals surface area (Å²) in [6, 6.07) is 1.61. The zero-order valence-corrected chi connectivity index (χ0v) is 11.8. The topological polar surface area (TPSA) is 28.2 Å². The number of pyridine rings is 1. The fourth-order valence-electron chi connectivity index (χ4n) is 2.61. The second kappa shape index (κ2) is 7.43. The van der Waals surface area contributed by atoms with Crippen molar-refractivity contribution < 1.29 is 4.39 Å². The summed E-state index contributed by atoms with van der Waals surface area (Å²) in [6.07, 6.45) is 7.68. The van der Waals surface area contributed by atoms with E-state index in [1.165, 1.54) is 38.3 Å². The first kappa shape index (κ1) is 14.3. The van der Waals surface area contributed by atoms with Gasteiger partial charge in [-0.25, -0.2) is 9.37 Å². The van der Waals surface area contributed by atoms with Gasteiger partial charge in [0.15, 0.2) is 0 Å². The van der Waals surface area contributed by atoms with Crippen LogP contribution in [0.25, 0.3) is 0 Å². The number of nitrogens with one attached hydrogen (secondary N) is 1. The molecule has 106 valence electrons. The summed E-state index contributed by atoms with van der Waals surface area (Å²) in [4.78, 5) is 6.66. The third-order valence-corrected chi connectivity index (χ3v) is 3.63. The minimum atomic E-state index is -0.247. The molecular weight excluding hydrogens is 241 g/mol. The first-order valence-electron chi connectivity index (χ1n) is 7.41. The summed E-state index contributed by atoms with van der Waals surface area (Å²) in [5, 5.41) is 3.27. The van der Waals surface area contributed by atoms with E-state index in [9.17, 15) is 4.39 Å². The second-order valence-corrected chi connectivity index (χ2v) is 5.17. The SMILES string of the molecule is CCNCc1cc(F)cnc1N1CCCCCCC1. The summed E-state index contributed by atoms with van der Waals surface area (Å²) < 4.78 is 13.4. The smallest absolute Gasteiger partial charge is 0.141 e. The van der Waals surface area contributed by atoms with Crippen molar-refractivity contribution in [1.29, 1.82) is 0 Å². The van der Waals surface area contributed by atoms with Crippen LogP contribution < -0.4 is 10.2 Å². The van der Waals surface area contributed by atoms with Gasteiger partial charge in [0.05, 0.1) is 6.20 Å². The molecule has 0 radical (unpaired) electrons. The highest BCUT2D eigenvalue weighted by atomic mass is 19.1. The fourth-order valence-corrected chi connectivity index (χ4v) is 2.61. The highest BCUT2D eigenvalue weighted by molar-refractivity contribution is 5.47. The lowest BCUT2D eigenvalue weighted by molar-refractivity contribution is 0.549. The van der Waals surface area contributed by atoms with Crippen molar-refractivity contribution in [2.75, 3.05) is 24.5 Å². The normalized spacial score (nSPS) is 17.1. The highest BCUT2D eigenvalue weighted by Gasteiger charge is 2.14. The van der Waals surface area contributed by atoms with Crippen molar-refractivity contribution in [1.82, 2.24) is 10.3 Å². The molecule has 1 fully saturated rings. The first-order chi connectivity index (χ1) is 9.31. The number of anilines is 1. The van der Waals surface area contributed by atoms with E-state index in [0.717, 1.165) is 31.0 Å². The third-order valence-electron chi connectivity index (χ3n) is 3.63. The number of halogens is 1. The molecule has 1 saturated heterocycles. The van der Waals surface area contributed by atoms with E-state index in [4.69, 9.17) is 0 Å². The number of rotatable bonds is 4.